The lowest BCUT2D eigenvalue weighted by Gasteiger charge is -2.44. The van der Waals surface area contributed by atoms with Gasteiger partial charge in [0.1, 0.15) is 0 Å². The van der Waals surface area contributed by atoms with Gasteiger partial charge >= 0.3 is 6.18 Å². The summed E-state index contributed by atoms with van der Waals surface area (Å²) in [6.07, 6.45) is -2.17. The second-order valence-corrected chi connectivity index (χ2v) is 4.09. The number of rotatable bonds is 3. The van der Waals surface area contributed by atoms with Gasteiger partial charge in [0.15, 0.2) is 5.60 Å². The van der Waals surface area contributed by atoms with Crippen molar-refractivity contribution in [2.45, 2.75) is 37.5 Å². The van der Waals surface area contributed by atoms with Gasteiger partial charge in [-0.1, -0.05) is 12.8 Å². The molecule has 0 aromatic heterocycles. The molecule has 90 valence electrons. The van der Waals surface area contributed by atoms with Crippen LogP contribution in [-0.4, -0.2) is 32.5 Å². The Balaban J connectivity index is 2.90. The molecule has 2 unspecified atom stereocenters. The van der Waals surface area contributed by atoms with Crippen LogP contribution in [0.4, 0.5) is 13.2 Å². The van der Waals surface area contributed by atoms with Gasteiger partial charge in [-0.25, -0.2) is 0 Å². The van der Waals surface area contributed by atoms with E-state index >= 15 is 0 Å². The number of hydrogen-bond acceptors (Lipinski definition) is 2. The zero-order valence-corrected chi connectivity index (χ0v) is 9.16. The van der Waals surface area contributed by atoms with Crippen LogP contribution in [0.2, 0.25) is 0 Å². The molecule has 0 heterocycles. The number of nitrogens with one attached hydrogen (secondary N) is 1. The molecule has 5 heteroatoms. The minimum Gasteiger partial charge on any atom is -0.368 e. The first-order valence-corrected chi connectivity index (χ1v) is 5.24. The van der Waals surface area contributed by atoms with Gasteiger partial charge in [0.25, 0.3) is 0 Å². The quantitative estimate of drug-likeness (QED) is 0.796. The molecule has 0 aromatic carbocycles. The molecule has 1 saturated carbocycles. The summed E-state index contributed by atoms with van der Waals surface area (Å²) in [5.41, 5.74) is -1.94. The summed E-state index contributed by atoms with van der Waals surface area (Å²) in [5, 5.41) is 2.82. The van der Waals surface area contributed by atoms with E-state index in [1.54, 1.807) is 7.05 Å². The largest absolute Gasteiger partial charge is 0.417 e. The average Bonchev–Trinajstić information content (AvgIpc) is 2.17. The lowest BCUT2D eigenvalue weighted by Crippen LogP contribution is -2.56. The monoisotopic (exact) mass is 225 g/mol. The van der Waals surface area contributed by atoms with Crippen LogP contribution in [0.5, 0.6) is 0 Å². The highest BCUT2D eigenvalue weighted by atomic mass is 19.4. The molecule has 0 radical (unpaired) electrons. The van der Waals surface area contributed by atoms with Crippen molar-refractivity contribution < 1.29 is 17.9 Å². The Morgan fingerprint density at radius 3 is 2.53 bits per heavy atom. The van der Waals surface area contributed by atoms with Crippen molar-refractivity contribution in [2.75, 3.05) is 20.7 Å². The second-order valence-electron chi connectivity index (χ2n) is 4.09. The maximum atomic E-state index is 13.0. The predicted octanol–water partition coefficient (Wildman–Crippen LogP) is 2.34. The molecule has 0 aromatic rings. The molecule has 15 heavy (non-hydrogen) atoms. The highest BCUT2D eigenvalue weighted by molar-refractivity contribution is 4.98. The third kappa shape index (κ3) is 2.28. The SMILES string of the molecule is CNCC1CCCCC1(OC)C(F)(F)F. The van der Waals surface area contributed by atoms with Gasteiger partial charge in [-0.15, -0.1) is 0 Å². The summed E-state index contributed by atoms with van der Waals surface area (Å²) >= 11 is 0. The van der Waals surface area contributed by atoms with Gasteiger partial charge in [-0.3, -0.25) is 0 Å². The normalized spacial score (nSPS) is 33.0. The molecule has 1 N–H and O–H groups in total. The zero-order chi connectivity index (χ0) is 11.5. The van der Waals surface area contributed by atoms with E-state index in [2.05, 4.69) is 5.32 Å². The van der Waals surface area contributed by atoms with Crippen molar-refractivity contribution in [2.24, 2.45) is 5.92 Å². The Bertz CT molecular complexity index is 205. The number of ether oxygens (including phenoxy) is 1. The zero-order valence-electron chi connectivity index (χ0n) is 9.16. The van der Waals surface area contributed by atoms with Crippen molar-refractivity contribution in [3.63, 3.8) is 0 Å². The molecule has 0 spiro atoms. The summed E-state index contributed by atoms with van der Waals surface area (Å²) in [7, 11) is 2.84. The Morgan fingerprint density at radius 1 is 1.40 bits per heavy atom. The number of methoxy groups -OCH3 is 1. The predicted molar refractivity (Wildman–Crippen MR) is 51.7 cm³/mol. The standard InChI is InChI=1S/C10H18F3NO/c1-14-7-8-5-3-4-6-9(8,15-2)10(11,12)13/h8,14H,3-7H2,1-2H3. The Labute approximate surface area is 88.2 Å². The Hall–Kier alpha value is -0.290. The van der Waals surface area contributed by atoms with E-state index in [0.29, 0.717) is 19.4 Å². The maximum absolute atomic E-state index is 13.0. The van der Waals surface area contributed by atoms with Crippen LogP contribution in [0.15, 0.2) is 0 Å². The smallest absolute Gasteiger partial charge is 0.368 e. The fourth-order valence-corrected chi connectivity index (χ4v) is 2.49. The van der Waals surface area contributed by atoms with E-state index in [1.165, 1.54) is 7.11 Å². The van der Waals surface area contributed by atoms with Crippen molar-refractivity contribution in [3.8, 4) is 0 Å². The van der Waals surface area contributed by atoms with Crippen LogP contribution < -0.4 is 5.32 Å². The van der Waals surface area contributed by atoms with Gasteiger partial charge < -0.3 is 10.1 Å². The van der Waals surface area contributed by atoms with E-state index < -0.39 is 17.7 Å². The van der Waals surface area contributed by atoms with Crippen LogP contribution in [0.3, 0.4) is 0 Å². The van der Waals surface area contributed by atoms with E-state index in [0.717, 1.165) is 6.42 Å². The molecule has 2 nitrogen and oxygen atoms in total. The lowest BCUT2D eigenvalue weighted by atomic mass is 9.74. The average molecular weight is 225 g/mol. The molecule has 0 amide bonds. The number of hydrogen-bond donors (Lipinski definition) is 1. The third-order valence-electron chi connectivity index (χ3n) is 3.30. The van der Waals surface area contributed by atoms with Gasteiger partial charge in [0.05, 0.1) is 0 Å². The van der Waals surface area contributed by atoms with Crippen LogP contribution in [0, 0.1) is 5.92 Å². The van der Waals surface area contributed by atoms with Gasteiger partial charge in [0.2, 0.25) is 0 Å². The fraction of sp³-hybridized carbons (Fsp3) is 1.00. The van der Waals surface area contributed by atoms with Crippen molar-refractivity contribution >= 4 is 0 Å². The van der Waals surface area contributed by atoms with Crippen LogP contribution >= 0.6 is 0 Å². The molecule has 1 fully saturated rings. The van der Waals surface area contributed by atoms with Crippen LogP contribution in [0.1, 0.15) is 25.7 Å². The highest BCUT2D eigenvalue weighted by Gasteiger charge is 2.60. The Kier molecular flexibility index (Phi) is 4.00. The first kappa shape index (κ1) is 12.8. The highest BCUT2D eigenvalue weighted by Crippen LogP contribution is 2.47. The summed E-state index contributed by atoms with van der Waals surface area (Å²) < 4.78 is 43.9. The molecule has 1 rings (SSSR count). The molecule has 0 aliphatic heterocycles. The molecular formula is C10H18F3NO. The van der Waals surface area contributed by atoms with E-state index in [4.69, 9.17) is 4.74 Å². The lowest BCUT2D eigenvalue weighted by molar-refractivity contribution is -0.297. The first-order valence-electron chi connectivity index (χ1n) is 5.24. The van der Waals surface area contributed by atoms with Crippen molar-refractivity contribution in [1.29, 1.82) is 0 Å². The maximum Gasteiger partial charge on any atom is 0.417 e. The molecule has 0 bridgehead atoms. The topological polar surface area (TPSA) is 21.3 Å². The molecule has 2 atom stereocenters. The second kappa shape index (κ2) is 4.70. The molecule has 1 aliphatic carbocycles. The van der Waals surface area contributed by atoms with E-state index in [9.17, 15) is 13.2 Å². The fourth-order valence-electron chi connectivity index (χ4n) is 2.49. The number of alkyl halides is 3. The number of halogens is 3. The molecule has 1 aliphatic rings. The Morgan fingerprint density at radius 2 is 2.07 bits per heavy atom. The van der Waals surface area contributed by atoms with Crippen molar-refractivity contribution in [1.82, 2.24) is 5.32 Å². The van der Waals surface area contributed by atoms with Gasteiger partial charge in [-0.2, -0.15) is 13.2 Å². The summed E-state index contributed by atoms with van der Waals surface area (Å²) in [6, 6.07) is 0. The third-order valence-corrected chi connectivity index (χ3v) is 3.30. The van der Waals surface area contributed by atoms with Crippen LogP contribution in [-0.2, 0) is 4.74 Å². The van der Waals surface area contributed by atoms with Crippen molar-refractivity contribution in [3.05, 3.63) is 0 Å². The molecule has 0 saturated heterocycles. The van der Waals surface area contributed by atoms with Gasteiger partial charge in [0, 0.05) is 19.6 Å². The van der Waals surface area contributed by atoms with E-state index in [1.807, 2.05) is 0 Å². The van der Waals surface area contributed by atoms with Crippen LogP contribution in [0.25, 0.3) is 0 Å². The summed E-state index contributed by atoms with van der Waals surface area (Å²) in [6.45, 7) is 0.355. The van der Waals surface area contributed by atoms with E-state index in [-0.39, 0.29) is 6.42 Å². The summed E-state index contributed by atoms with van der Waals surface area (Å²) in [4.78, 5) is 0. The first-order chi connectivity index (χ1) is 6.98. The summed E-state index contributed by atoms with van der Waals surface area (Å²) in [5.74, 6) is -0.471. The minimum atomic E-state index is -4.27. The van der Waals surface area contributed by atoms with Gasteiger partial charge in [-0.05, 0) is 19.9 Å². The molecular weight excluding hydrogens is 207 g/mol. The minimum absolute atomic E-state index is 0.0827.